The molecule has 1 amide bonds. The average molecular weight is 194 g/mol. The summed E-state index contributed by atoms with van der Waals surface area (Å²) in [6, 6.07) is 0.823. The van der Waals surface area contributed by atoms with E-state index in [2.05, 4.69) is 10.2 Å². The highest BCUT2D eigenvalue weighted by Gasteiger charge is 2.44. The molecule has 3 fully saturated rings. The first kappa shape index (κ1) is 8.72. The van der Waals surface area contributed by atoms with E-state index >= 15 is 0 Å². The number of carbonyl (C=O) groups excluding carboxylic acids is 1. The lowest BCUT2D eigenvalue weighted by Gasteiger charge is -2.26. The monoisotopic (exact) mass is 194 g/mol. The molecule has 0 aromatic rings. The quantitative estimate of drug-likeness (QED) is 0.668. The van der Waals surface area contributed by atoms with Gasteiger partial charge in [0.1, 0.15) is 0 Å². The largest absolute Gasteiger partial charge is 0.341 e. The molecule has 2 saturated heterocycles. The Hall–Kier alpha value is -0.570. The third-order valence-electron chi connectivity index (χ3n) is 4.04. The van der Waals surface area contributed by atoms with Gasteiger partial charge in [-0.1, -0.05) is 0 Å². The van der Waals surface area contributed by atoms with E-state index in [1.807, 2.05) is 0 Å². The van der Waals surface area contributed by atoms with E-state index in [1.165, 1.54) is 32.1 Å². The zero-order valence-corrected chi connectivity index (χ0v) is 8.54. The zero-order valence-electron chi connectivity index (χ0n) is 8.54. The van der Waals surface area contributed by atoms with Crippen LogP contribution in [0.25, 0.3) is 0 Å². The summed E-state index contributed by atoms with van der Waals surface area (Å²) in [7, 11) is 0. The third kappa shape index (κ3) is 1.26. The lowest BCUT2D eigenvalue weighted by molar-refractivity contribution is -0.133. The molecule has 0 radical (unpaired) electrons. The second kappa shape index (κ2) is 3.23. The second-order valence-electron chi connectivity index (χ2n) is 4.95. The van der Waals surface area contributed by atoms with Gasteiger partial charge in [0.2, 0.25) is 5.91 Å². The number of hydrogen-bond acceptors (Lipinski definition) is 2. The van der Waals surface area contributed by atoms with E-state index in [-0.39, 0.29) is 6.04 Å². The Morgan fingerprint density at radius 3 is 2.57 bits per heavy atom. The van der Waals surface area contributed by atoms with Crippen molar-refractivity contribution in [2.24, 2.45) is 5.92 Å². The van der Waals surface area contributed by atoms with E-state index in [0.29, 0.717) is 17.9 Å². The summed E-state index contributed by atoms with van der Waals surface area (Å²) in [5.41, 5.74) is 0. The molecule has 1 saturated carbocycles. The van der Waals surface area contributed by atoms with Crippen molar-refractivity contribution in [3.8, 4) is 0 Å². The van der Waals surface area contributed by atoms with Crippen molar-refractivity contribution in [3.63, 3.8) is 0 Å². The molecule has 3 unspecified atom stereocenters. The highest BCUT2D eigenvalue weighted by molar-refractivity contribution is 5.83. The maximum absolute atomic E-state index is 12.1. The minimum atomic E-state index is 0.173. The molecular weight excluding hydrogens is 176 g/mol. The van der Waals surface area contributed by atoms with Crippen molar-refractivity contribution in [1.82, 2.24) is 10.2 Å². The lowest BCUT2D eigenvalue weighted by atomic mass is 9.99. The maximum Gasteiger partial charge on any atom is 0.240 e. The summed E-state index contributed by atoms with van der Waals surface area (Å²) < 4.78 is 0. The van der Waals surface area contributed by atoms with E-state index in [4.69, 9.17) is 0 Å². The van der Waals surface area contributed by atoms with Gasteiger partial charge in [-0.05, 0) is 38.0 Å². The van der Waals surface area contributed by atoms with Crippen LogP contribution in [0, 0.1) is 5.92 Å². The van der Waals surface area contributed by atoms with E-state index < -0.39 is 0 Å². The topological polar surface area (TPSA) is 32.3 Å². The number of fused-ring (bicyclic) bond motifs is 2. The summed E-state index contributed by atoms with van der Waals surface area (Å²) >= 11 is 0. The molecule has 3 nitrogen and oxygen atoms in total. The Balaban J connectivity index is 1.67. The van der Waals surface area contributed by atoms with Gasteiger partial charge in [-0.25, -0.2) is 0 Å². The van der Waals surface area contributed by atoms with Gasteiger partial charge in [-0.2, -0.15) is 0 Å². The van der Waals surface area contributed by atoms with Gasteiger partial charge in [0, 0.05) is 19.1 Å². The third-order valence-corrected chi connectivity index (χ3v) is 4.04. The number of rotatable bonds is 1. The molecule has 3 atom stereocenters. The highest BCUT2D eigenvalue weighted by atomic mass is 16.2. The Bertz CT molecular complexity index is 248. The first-order valence-corrected chi connectivity index (χ1v) is 5.89. The SMILES string of the molecule is O=C(C1NC2CCC1C2)N1CCCC1. The van der Waals surface area contributed by atoms with Crippen molar-refractivity contribution >= 4 is 5.91 Å². The molecule has 2 bridgehead atoms. The summed E-state index contributed by atoms with van der Waals surface area (Å²) in [5, 5.41) is 3.48. The average Bonchev–Trinajstić information content (AvgIpc) is 2.93. The molecule has 2 aliphatic heterocycles. The Kier molecular flexibility index (Phi) is 2.01. The summed E-state index contributed by atoms with van der Waals surface area (Å²) in [5.74, 6) is 1.03. The van der Waals surface area contributed by atoms with Crippen LogP contribution in [0.1, 0.15) is 32.1 Å². The van der Waals surface area contributed by atoms with Crippen molar-refractivity contribution in [2.45, 2.75) is 44.2 Å². The number of hydrogen-bond donors (Lipinski definition) is 1. The van der Waals surface area contributed by atoms with E-state index in [1.54, 1.807) is 0 Å². The lowest BCUT2D eigenvalue weighted by Crippen LogP contribution is -2.48. The summed E-state index contributed by atoms with van der Waals surface area (Å²) in [6.07, 6.45) is 6.19. The number of piperidine rings is 1. The van der Waals surface area contributed by atoms with Crippen molar-refractivity contribution in [2.75, 3.05) is 13.1 Å². The zero-order chi connectivity index (χ0) is 9.54. The van der Waals surface area contributed by atoms with Crippen molar-refractivity contribution in [1.29, 1.82) is 0 Å². The molecule has 1 aliphatic carbocycles. The number of likely N-dealkylation sites (tertiary alicyclic amines) is 1. The molecule has 1 N–H and O–H groups in total. The molecule has 78 valence electrons. The predicted molar refractivity (Wildman–Crippen MR) is 53.9 cm³/mol. The first-order chi connectivity index (χ1) is 6.84. The fraction of sp³-hybridized carbons (Fsp3) is 0.909. The van der Waals surface area contributed by atoms with Crippen molar-refractivity contribution < 1.29 is 4.79 Å². The van der Waals surface area contributed by atoms with Crippen LogP contribution in [0.3, 0.4) is 0 Å². The van der Waals surface area contributed by atoms with E-state index in [9.17, 15) is 4.79 Å². The normalized spacial score (nSPS) is 40.9. The fourth-order valence-corrected chi connectivity index (χ4v) is 3.27. The molecule has 3 heteroatoms. The van der Waals surface area contributed by atoms with Gasteiger partial charge in [0.05, 0.1) is 6.04 Å². The Morgan fingerprint density at radius 2 is 2.00 bits per heavy atom. The molecule has 3 rings (SSSR count). The molecule has 14 heavy (non-hydrogen) atoms. The minimum absolute atomic E-state index is 0.173. The van der Waals surface area contributed by atoms with Gasteiger partial charge in [-0.3, -0.25) is 4.79 Å². The van der Waals surface area contributed by atoms with Crippen LogP contribution in [-0.4, -0.2) is 36.0 Å². The first-order valence-electron chi connectivity index (χ1n) is 5.89. The molecule has 0 aromatic carbocycles. The smallest absolute Gasteiger partial charge is 0.240 e. The van der Waals surface area contributed by atoms with Crippen LogP contribution >= 0.6 is 0 Å². The van der Waals surface area contributed by atoms with Crippen LogP contribution in [-0.2, 0) is 4.79 Å². The van der Waals surface area contributed by atoms with Gasteiger partial charge in [0.25, 0.3) is 0 Å². The van der Waals surface area contributed by atoms with Gasteiger partial charge < -0.3 is 10.2 Å². The molecular formula is C11H18N2O. The number of amides is 1. The Labute approximate surface area is 84.8 Å². The molecule has 0 spiro atoms. The predicted octanol–water partition coefficient (Wildman–Crippen LogP) is 0.749. The number of nitrogens with one attached hydrogen (secondary N) is 1. The van der Waals surface area contributed by atoms with Gasteiger partial charge >= 0.3 is 0 Å². The molecule has 3 aliphatic rings. The van der Waals surface area contributed by atoms with Crippen molar-refractivity contribution in [3.05, 3.63) is 0 Å². The van der Waals surface area contributed by atoms with Crippen LogP contribution in [0.5, 0.6) is 0 Å². The van der Waals surface area contributed by atoms with Gasteiger partial charge in [0.15, 0.2) is 0 Å². The van der Waals surface area contributed by atoms with E-state index in [0.717, 1.165) is 13.1 Å². The minimum Gasteiger partial charge on any atom is -0.341 e. The maximum atomic E-state index is 12.1. The van der Waals surface area contributed by atoms with Crippen LogP contribution in [0.4, 0.5) is 0 Å². The molecule has 0 aromatic heterocycles. The summed E-state index contributed by atoms with van der Waals surface area (Å²) in [4.78, 5) is 14.2. The number of nitrogens with zero attached hydrogens (tertiary/aromatic N) is 1. The summed E-state index contributed by atoms with van der Waals surface area (Å²) in [6.45, 7) is 1.99. The Morgan fingerprint density at radius 1 is 1.21 bits per heavy atom. The van der Waals surface area contributed by atoms with Crippen LogP contribution < -0.4 is 5.32 Å². The number of carbonyl (C=O) groups is 1. The molecule has 2 heterocycles. The van der Waals surface area contributed by atoms with Gasteiger partial charge in [-0.15, -0.1) is 0 Å². The standard InChI is InChI=1S/C11H18N2O/c14-11(13-5-1-2-6-13)10-8-3-4-9(7-8)12-10/h8-10,12H,1-7H2. The second-order valence-corrected chi connectivity index (χ2v) is 4.95. The van der Waals surface area contributed by atoms with Crippen LogP contribution in [0.15, 0.2) is 0 Å². The highest BCUT2D eigenvalue weighted by Crippen LogP contribution is 2.36. The fourth-order valence-electron chi connectivity index (χ4n) is 3.27. The van der Waals surface area contributed by atoms with Crippen LogP contribution in [0.2, 0.25) is 0 Å².